The van der Waals surface area contributed by atoms with Gasteiger partial charge in [-0.15, -0.1) is 0 Å². The largest absolute Gasteiger partial charge is 0.302 e. The van der Waals surface area contributed by atoms with E-state index >= 15 is 0 Å². The van der Waals surface area contributed by atoms with E-state index in [9.17, 15) is 9.18 Å². The molecule has 1 saturated heterocycles. The van der Waals surface area contributed by atoms with E-state index in [-0.39, 0.29) is 11.6 Å². The molecule has 0 amide bonds. The number of hydrogen-bond acceptors (Lipinski definition) is 2. The van der Waals surface area contributed by atoms with Crippen LogP contribution in [0.25, 0.3) is 5.57 Å². The van der Waals surface area contributed by atoms with Crippen LogP contribution in [-0.2, 0) is 17.6 Å². The number of nitrogens with zero attached hydrogens (tertiary/aromatic N) is 1. The number of carbonyl (C=O) groups excluding carboxylic acids is 1. The number of hydrogen-bond donors (Lipinski definition) is 0. The van der Waals surface area contributed by atoms with E-state index in [0.29, 0.717) is 6.42 Å². The minimum Gasteiger partial charge on any atom is -0.302 e. The predicted octanol–water partition coefficient (Wildman–Crippen LogP) is 4.80. The number of carbonyl (C=O) groups is 1. The summed E-state index contributed by atoms with van der Waals surface area (Å²) >= 11 is 0. The monoisotopic (exact) mass is 363 g/mol. The van der Waals surface area contributed by atoms with Crippen molar-refractivity contribution in [1.82, 2.24) is 4.90 Å². The van der Waals surface area contributed by atoms with Gasteiger partial charge in [-0.2, -0.15) is 0 Å². The van der Waals surface area contributed by atoms with E-state index in [2.05, 4.69) is 29.2 Å². The van der Waals surface area contributed by atoms with Crippen LogP contribution in [0, 0.1) is 5.82 Å². The minimum absolute atomic E-state index is 0.162. The van der Waals surface area contributed by atoms with Crippen LogP contribution in [-0.4, -0.2) is 30.3 Å². The van der Waals surface area contributed by atoms with Crippen molar-refractivity contribution in [1.29, 1.82) is 0 Å². The first-order chi connectivity index (χ1) is 13.1. The topological polar surface area (TPSA) is 20.3 Å². The summed E-state index contributed by atoms with van der Waals surface area (Å²) in [5.74, 6) is 0.0892. The molecule has 0 aromatic heterocycles. The fraction of sp³-hybridized carbons (Fsp3) is 0.375. The average Bonchev–Trinajstić information content (AvgIpc) is 2.83. The highest BCUT2D eigenvalue weighted by Gasteiger charge is 2.24. The lowest BCUT2D eigenvalue weighted by Gasteiger charge is -2.30. The molecule has 4 rings (SSSR count). The van der Waals surface area contributed by atoms with Crippen LogP contribution in [0.5, 0.6) is 0 Å². The van der Waals surface area contributed by atoms with Gasteiger partial charge in [0.1, 0.15) is 11.6 Å². The summed E-state index contributed by atoms with van der Waals surface area (Å²) in [6.45, 7) is 4.45. The second kappa shape index (κ2) is 7.77. The summed E-state index contributed by atoms with van der Waals surface area (Å²) in [4.78, 5) is 13.6. The van der Waals surface area contributed by atoms with E-state index in [0.717, 1.165) is 50.9 Å². The number of benzene rings is 2. The average molecular weight is 363 g/mol. The molecule has 3 heteroatoms. The zero-order valence-electron chi connectivity index (χ0n) is 15.9. The lowest BCUT2D eigenvalue weighted by atomic mass is 9.86. The summed E-state index contributed by atoms with van der Waals surface area (Å²) in [7, 11) is 0. The maximum Gasteiger partial charge on any atom is 0.131 e. The number of halogens is 1. The Morgan fingerprint density at radius 3 is 2.41 bits per heavy atom. The Morgan fingerprint density at radius 2 is 1.67 bits per heavy atom. The first kappa shape index (κ1) is 18.1. The number of piperidine rings is 1. The molecule has 27 heavy (non-hydrogen) atoms. The Labute approximate surface area is 160 Å². The van der Waals surface area contributed by atoms with Crippen molar-refractivity contribution in [2.24, 2.45) is 0 Å². The first-order valence-electron chi connectivity index (χ1n) is 9.92. The number of likely N-dealkylation sites (tertiary alicyclic amines) is 1. The SMILES string of the molecule is CC(=O)CCN1CCC(=C2c3ccccc3CCc3ccc(F)cc32)CC1. The van der Waals surface area contributed by atoms with Gasteiger partial charge in [0, 0.05) is 26.1 Å². The quantitative estimate of drug-likeness (QED) is 0.781. The van der Waals surface area contributed by atoms with Crippen molar-refractivity contribution < 1.29 is 9.18 Å². The van der Waals surface area contributed by atoms with E-state index in [1.807, 2.05) is 6.07 Å². The van der Waals surface area contributed by atoms with Gasteiger partial charge in [-0.1, -0.05) is 35.9 Å². The van der Waals surface area contributed by atoms with Gasteiger partial charge in [-0.05, 0) is 72.6 Å². The van der Waals surface area contributed by atoms with Gasteiger partial charge in [0.05, 0.1) is 0 Å². The molecule has 2 aromatic rings. The molecule has 0 bridgehead atoms. The minimum atomic E-state index is -0.162. The Bertz CT molecular complexity index is 889. The molecule has 0 N–H and O–H groups in total. The standard InChI is InChI=1S/C24H26FNO/c1-17(27)10-13-26-14-11-20(12-15-26)24-22-5-3-2-4-18(22)6-7-19-8-9-21(25)16-23(19)24/h2-5,8-9,16H,6-7,10-15H2,1H3. The van der Waals surface area contributed by atoms with Gasteiger partial charge >= 0.3 is 0 Å². The van der Waals surface area contributed by atoms with Crippen LogP contribution in [0.1, 0.15) is 48.4 Å². The molecular formula is C24H26FNO. The normalized spacial score (nSPS) is 17.3. The van der Waals surface area contributed by atoms with Crippen LogP contribution in [0.3, 0.4) is 0 Å². The van der Waals surface area contributed by atoms with Crippen LogP contribution in [0.2, 0.25) is 0 Å². The molecule has 2 aromatic carbocycles. The van der Waals surface area contributed by atoms with Crippen molar-refractivity contribution in [2.45, 2.75) is 39.0 Å². The van der Waals surface area contributed by atoms with Crippen molar-refractivity contribution in [2.75, 3.05) is 19.6 Å². The fourth-order valence-electron chi connectivity index (χ4n) is 4.39. The van der Waals surface area contributed by atoms with Crippen LogP contribution in [0.15, 0.2) is 48.0 Å². The maximum atomic E-state index is 14.1. The summed E-state index contributed by atoms with van der Waals surface area (Å²) in [5, 5.41) is 0. The van der Waals surface area contributed by atoms with Gasteiger partial charge in [0.15, 0.2) is 0 Å². The van der Waals surface area contributed by atoms with Crippen LogP contribution < -0.4 is 0 Å². The molecule has 1 aliphatic heterocycles. The van der Waals surface area contributed by atoms with E-state index in [1.54, 1.807) is 19.1 Å². The van der Waals surface area contributed by atoms with Crippen LogP contribution >= 0.6 is 0 Å². The van der Waals surface area contributed by atoms with E-state index in [1.165, 1.54) is 27.8 Å². The zero-order valence-corrected chi connectivity index (χ0v) is 15.9. The molecule has 0 saturated carbocycles. The number of ketones is 1. The second-order valence-electron chi connectivity index (χ2n) is 7.73. The van der Waals surface area contributed by atoms with Gasteiger partial charge in [0.2, 0.25) is 0 Å². The molecule has 2 aliphatic rings. The summed E-state index contributed by atoms with van der Waals surface area (Å²) in [6.07, 6.45) is 4.54. The third kappa shape index (κ3) is 3.89. The van der Waals surface area contributed by atoms with Crippen molar-refractivity contribution in [3.8, 4) is 0 Å². The van der Waals surface area contributed by atoms with Gasteiger partial charge in [0.25, 0.3) is 0 Å². The van der Waals surface area contributed by atoms with E-state index < -0.39 is 0 Å². The fourth-order valence-corrected chi connectivity index (χ4v) is 4.39. The number of fused-ring (bicyclic) bond motifs is 2. The summed E-state index contributed by atoms with van der Waals surface area (Å²) in [5.41, 5.74) is 7.63. The Morgan fingerprint density at radius 1 is 0.963 bits per heavy atom. The predicted molar refractivity (Wildman–Crippen MR) is 107 cm³/mol. The Kier molecular flexibility index (Phi) is 5.22. The molecule has 1 fully saturated rings. The lowest BCUT2D eigenvalue weighted by Crippen LogP contribution is -2.32. The third-order valence-corrected chi connectivity index (χ3v) is 5.88. The maximum absolute atomic E-state index is 14.1. The molecule has 1 aliphatic carbocycles. The molecule has 0 spiro atoms. The smallest absolute Gasteiger partial charge is 0.131 e. The highest BCUT2D eigenvalue weighted by molar-refractivity contribution is 5.86. The highest BCUT2D eigenvalue weighted by atomic mass is 19.1. The molecule has 0 unspecified atom stereocenters. The molecule has 1 heterocycles. The summed E-state index contributed by atoms with van der Waals surface area (Å²) in [6, 6.07) is 13.9. The van der Waals surface area contributed by atoms with E-state index in [4.69, 9.17) is 0 Å². The van der Waals surface area contributed by atoms with Crippen molar-refractivity contribution in [3.63, 3.8) is 0 Å². The number of aryl methyl sites for hydroxylation is 2. The van der Waals surface area contributed by atoms with Gasteiger partial charge in [-0.3, -0.25) is 4.79 Å². The molecule has 0 atom stereocenters. The number of Topliss-reactive ketones (excluding diaryl/α,β-unsaturated/α-hetero) is 1. The molecule has 2 nitrogen and oxygen atoms in total. The molecular weight excluding hydrogens is 337 g/mol. The molecule has 0 radical (unpaired) electrons. The van der Waals surface area contributed by atoms with Gasteiger partial charge < -0.3 is 4.90 Å². The molecule has 140 valence electrons. The van der Waals surface area contributed by atoms with Gasteiger partial charge in [-0.25, -0.2) is 4.39 Å². The Balaban J connectivity index is 1.72. The Hall–Kier alpha value is -2.26. The first-order valence-corrected chi connectivity index (χ1v) is 9.92. The summed E-state index contributed by atoms with van der Waals surface area (Å²) < 4.78 is 14.1. The lowest BCUT2D eigenvalue weighted by molar-refractivity contribution is -0.117. The van der Waals surface area contributed by atoms with Crippen molar-refractivity contribution >= 4 is 11.4 Å². The van der Waals surface area contributed by atoms with Crippen molar-refractivity contribution in [3.05, 3.63) is 76.1 Å². The third-order valence-electron chi connectivity index (χ3n) is 5.88. The van der Waals surface area contributed by atoms with Crippen LogP contribution in [0.4, 0.5) is 4.39 Å². The number of rotatable bonds is 3. The highest BCUT2D eigenvalue weighted by Crippen LogP contribution is 2.38. The zero-order chi connectivity index (χ0) is 18.8. The second-order valence-corrected chi connectivity index (χ2v) is 7.73.